The Bertz CT molecular complexity index is 419. The summed E-state index contributed by atoms with van der Waals surface area (Å²) in [4.78, 5) is 0. The van der Waals surface area contributed by atoms with E-state index in [1.165, 1.54) is 61.4 Å². The fourth-order valence-electron chi connectivity index (χ4n) is 3.60. The molecule has 1 nitrogen and oxygen atoms in total. The Morgan fingerprint density at radius 1 is 1.00 bits per heavy atom. The van der Waals surface area contributed by atoms with Gasteiger partial charge in [-0.1, -0.05) is 59.8 Å². The van der Waals surface area contributed by atoms with E-state index in [9.17, 15) is 0 Å². The molecule has 0 bridgehead atoms. The number of nitrogens with one attached hydrogen (secondary N) is 1. The second-order valence-electron chi connectivity index (χ2n) is 6.56. The van der Waals surface area contributed by atoms with Gasteiger partial charge in [-0.2, -0.15) is 0 Å². The maximum Gasteiger partial charge on any atom is 0.0210 e. The van der Waals surface area contributed by atoms with Gasteiger partial charge in [-0.3, -0.25) is 0 Å². The van der Waals surface area contributed by atoms with Gasteiger partial charge in [0.05, 0.1) is 0 Å². The van der Waals surface area contributed by atoms with Crippen LogP contribution in [0.3, 0.4) is 0 Å². The van der Waals surface area contributed by atoms with E-state index in [1.807, 2.05) is 0 Å². The van der Waals surface area contributed by atoms with Crippen LogP contribution in [0.2, 0.25) is 0 Å². The van der Waals surface area contributed by atoms with Crippen molar-refractivity contribution in [2.75, 3.05) is 6.54 Å². The lowest BCUT2D eigenvalue weighted by atomic mass is 9.81. The lowest BCUT2D eigenvalue weighted by Crippen LogP contribution is -2.28. The molecule has 1 aromatic rings. The first-order valence-electron chi connectivity index (χ1n) is 8.32. The Labute approximate surface area is 131 Å². The minimum atomic E-state index is 0.685. The molecule has 2 heteroatoms. The lowest BCUT2D eigenvalue weighted by molar-refractivity contribution is 0.359. The molecule has 0 aliphatic heterocycles. The van der Waals surface area contributed by atoms with Gasteiger partial charge in [0.1, 0.15) is 0 Å². The van der Waals surface area contributed by atoms with Crippen LogP contribution in [0.5, 0.6) is 0 Å². The monoisotopic (exact) mass is 335 g/mol. The first-order chi connectivity index (χ1) is 9.84. The van der Waals surface area contributed by atoms with Crippen molar-refractivity contribution in [1.29, 1.82) is 0 Å². The minimum absolute atomic E-state index is 0.685. The summed E-state index contributed by atoms with van der Waals surface area (Å²) < 4.78 is 1.30. The molecule has 0 aromatic heterocycles. The summed E-state index contributed by atoms with van der Waals surface area (Å²) >= 11 is 3.78. The Hall–Kier alpha value is -0.340. The summed E-state index contributed by atoms with van der Waals surface area (Å²) in [6.07, 6.45) is 11.3. The zero-order valence-electron chi connectivity index (χ0n) is 12.3. The largest absolute Gasteiger partial charge is 0.313 e. The van der Waals surface area contributed by atoms with E-state index in [0.29, 0.717) is 5.92 Å². The van der Waals surface area contributed by atoms with E-state index in [0.717, 1.165) is 18.5 Å². The van der Waals surface area contributed by atoms with Gasteiger partial charge in [0, 0.05) is 23.0 Å². The molecule has 0 spiro atoms. The van der Waals surface area contributed by atoms with Crippen LogP contribution in [0.15, 0.2) is 28.7 Å². The normalized spacial score (nSPS) is 22.4. The van der Waals surface area contributed by atoms with Crippen molar-refractivity contribution in [3.8, 4) is 0 Å². The highest BCUT2D eigenvalue weighted by molar-refractivity contribution is 9.10. The Kier molecular flexibility index (Phi) is 5.17. The van der Waals surface area contributed by atoms with Gasteiger partial charge in [-0.05, 0) is 43.2 Å². The third-order valence-electron chi connectivity index (χ3n) is 4.98. The summed E-state index contributed by atoms with van der Waals surface area (Å²) in [5.41, 5.74) is 1.52. The average Bonchev–Trinajstić information content (AvgIpc) is 3.28. The molecule has 2 aliphatic carbocycles. The van der Waals surface area contributed by atoms with Crippen molar-refractivity contribution in [2.45, 2.75) is 63.3 Å². The molecular formula is C18H26BrN. The zero-order valence-corrected chi connectivity index (χ0v) is 13.9. The molecule has 1 aromatic carbocycles. The fourth-order valence-corrected chi connectivity index (χ4v) is 4.18. The van der Waals surface area contributed by atoms with E-state index in [2.05, 4.69) is 45.5 Å². The van der Waals surface area contributed by atoms with Crippen LogP contribution in [0.4, 0.5) is 0 Å². The summed E-state index contributed by atoms with van der Waals surface area (Å²) in [5, 5.41) is 3.78. The van der Waals surface area contributed by atoms with Crippen molar-refractivity contribution in [1.82, 2.24) is 5.32 Å². The van der Waals surface area contributed by atoms with Crippen LogP contribution in [0.1, 0.15) is 62.8 Å². The zero-order chi connectivity index (χ0) is 13.8. The van der Waals surface area contributed by atoms with Gasteiger partial charge in [-0.25, -0.2) is 0 Å². The van der Waals surface area contributed by atoms with E-state index in [-0.39, 0.29) is 0 Å². The molecule has 2 saturated carbocycles. The molecule has 1 unspecified atom stereocenters. The quantitative estimate of drug-likeness (QED) is 0.724. The molecule has 1 N–H and O–H groups in total. The van der Waals surface area contributed by atoms with Crippen molar-refractivity contribution in [3.63, 3.8) is 0 Å². The van der Waals surface area contributed by atoms with Crippen molar-refractivity contribution < 1.29 is 0 Å². The van der Waals surface area contributed by atoms with Crippen LogP contribution >= 0.6 is 15.9 Å². The lowest BCUT2D eigenvalue weighted by Gasteiger charge is -2.28. The first-order valence-corrected chi connectivity index (χ1v) is 9.11. The first kappa shape index (κ1) is 14.6. The summed E-state index contributed by atoms with van der Waals surface area (Å²) in [5.74, 6) is 1.55. The van der Waals surface area contributed by atoms with Crippen LogP contribution in [-0.4, -0.2) is 12.6 Å². The molecule has 2 fully saturated rings. The Balaban J connectivity index is 1.76. The van der Waals surface area contributed by atoms with Crippen LogP contribution < -0.4 is 5.32 Å². The number of benzene rings is 1. The predicted molar refractivity (Wildman–Crippen MR) is 89.1 cm³/mol. The standard InChI is InChI=1S/C18H26BrN/c19-18-10-6-5-9-16(18)17(13-20-15-11-12-15)14-7-3-1-2-4-8-14/h5-6,9-10,14-15,17,20H,1-4,7-8,11-13H2. The molecule has 110 valence electrons. The molecule has 1 atom stereocenters. The molecule has 0 amide bonds. The smallest absolute Gasteiger partial charge is 0.0210 e. The van der Waals surface area contributed by atoms with Crippen LogP contribution in [0, 0.1) is 5.92 Å². The third kappa shape index (κ3) is 3.85. The summed E-state index contributed by atoms with van der Waals surface area (Å²) in [7, 11) is 0. The number of hydrogen-bond donors (Lipinski definition) is 1. The molecule has 2 aliphatic rings. The number of hydrogen-bond acceptors (Lipinski definition) is 1. The number of rotatable bonds is 5. The highest BCUT2D eigenvalue weighted by atomic mass is 79.9. The topological polar surface area (TPSA) is 12.0 Å². The highest BCUT2D eigenvalue weighted by Gasteiger charge is 2.28. The highest BCUT2D eigenvalue weighted by Crippen LogP contribution is 2.38. The molecule has 0 heterocycles. The van der Waals surface area contributed by atoms with E-state index in [4.69, 9.17) is 0 Å². The van der Waals surface area contributed by atoms with Gasteiger partial charge >= 0.3 is 0 Å². The van der Waals surface area contributed by atoms with Gasteiger partial charge < -0.3 is 5.32 Å². The van der Waals surface area contributed by atoms with E-state index >= 15 is 0 Å². The van der Waals surface area contributed by atoms with Crippen LogP contribution in [0.25, 0.3) is 0 Å². The molecule has 20 heavy (non-hydrogen) atoms. The Morgan fingerprint density at radius 3 is 2.35 bits per heavy atom. The van der Waals surface area contributed by atoms with Crippen molar-refractivity contribution in [2.24, 2.45) is 5.92 Å². The maximum atomic E-state index is 3.78. The summed E-state index contributed by atoms with van der Waals surface area (Å²) in [6.45, 7) is 1.16. The second-order valence-corrected chi connectivity index (χ2v) is 7.42. The maximum absolute atomic E-state index is 3.78. The van der Waals surface area contributed by atoms with Crippen LogP contribution in [-0.2, 0) is 0 Å². The van der Waals surface area contributed by atoms with Gasteiger partial charge in [0.25, 0.3) is 0 Å². The predicted octanol–water partition coefficient (Wildman–Crippen LogP) is 5.26. The number of halogens is 1. The fraction of sp³-hybridized carbons (Fsp3) is 0.667. The molecular weight excluding hydrogens is 310 g/mol. The molecule has 3 rings (SSSR count). The third-order valence-corrected chi connectivity index (χ3v) is 5.70. The van der Waals surface area contributed by atoms with Gasteiger partial charge in [0.2, 0.25) is 0 Å². The molecule has 0 radical (unpaired) electrons. The molecule has 0 saturated heterocycles. The van der Waals surface area contributed by atoms with Crippen molar-refractivity contribution >= 4 is 15.9 Å². The summed E-state index contributed by atoms with van der Waals surface area (Å²) in [6, 6.07) is 9.67. The SMILES string of the molecule is Brc1ccccc1C(CNC1CC1)C1CCCCCC1. The van der Waals surface area contributed by atoms with E-state index in [1.54, 1.807) is 0 Å². The van der Waals surface area contributed by atoms with Crippen molar-refractivity contribution in [3.05, 3.63) is 34.3 Å². The van der Waals surface area contributed by atoms with Gasteiger partial charge in [0.15, 0.2) is 0 Å². The van der Waals surface area contributed by atoms with Gasteiger partial charge in [-0.15, -0.1) is 0 Å². The average molecular weight is 336 g/mol. The second kappa shape index (κ2) is 7.09. The minimum Gasteiger partial charge on any atom is -0.313 e. The van der Waals surface area contributed by atoms with E-state index < -0.39 is 0 Å². The Morgan fingerprint density at radius 2 is 1.70 bits per heavy atom.